The van der Waals surface area contributed by atoms with E-state index < -0.39 is 58.1 Å². The topological polar surface area (TPSA) is 154 Å². The van der Waals surface area contributed by atoms with Crippen molar-refractivity contribution < 1.29 is 33.5 Å². The number of amides is 5. The molecule has 0 aromatic heterocycles. The Kier molecular flexibility index (Phi) is 12.9. The first-order chi connectivity index (χ1) is 22.3. The molecule has 0 aliphatic carbocycles. The van der Waals surface area contributed by atoms with Crippen LogP contribution < -0.4 is 16.0 Å². The van der Waals surface area contributed by atoms with Crippen molar-refractivity contribution in [2.45, 2.75) is 97.8 Å². The van der Waals surface area contributed by atoms with E-state index in [-0.39, 0.29) is 30.8 Å². The number of fused-ring (bicyclic) bond motifs is 1. The first-order valence-corrected chi connectivity index (χ1v) is 17.3. The lowest BCUT2D eigenvalue weighted by atomic mass is 9.85. The molecule has 264 valence electrons. The van der Waals surface area contributed by atoms with Crippen molar-refractivity contribution in [3.63, 3.8) is 0 Å². The average molecular weight is 686 g/mol. The number of thioether (sulfide) groups is 1. The molecule has 48 heavy (non-hydrogen) atoms. The van der Waals surface area contributed by atoms with Crippen molar-refractivity contribution in [3.8, 4) is 0 Å². The van der Waals surface area contributed by atoms with Gasteiger partial charge in [-0.25, -0.2) is 4.79 Å². The number of ketones is 1. The summed E-state index contributed by atoms with van der Waals surface area (Å²) in [6.45, 7) is 18.9. The molecule has 12 nitrogen and oxygen atoms in total. The van der Waals surface area contributed by atoms with Crippen LogP contribution in [0.5, 0.6) is 0 Å². The zero-order valence-corrected chi connectivity index (χ0v) is 30.2. The van der Waals surface area contributed by atoms with E-state index in [9.17, 15) is 28.8 Å². The summed E-state index contributed by atoms with van der Waals surface area (Å²) in [6.07, 6.45) is 0.477. The van der Waals surface area contributed by atoms with Crippen molar-refractivity contribution in [1.82, 2.24) is 25.8 Å². The fourth-order valence-corrected chi connectivity index (χ4v) is 6.60. The summed E-state index contributed by atoms with van der Waals surface area (Å²) >= 11 is 0.847. The quantitative estimate of drug-likeness (QED) is 0.237. The number of hydrogen-bond donors (Lipinski definition) is 3. The molecule has 2 heterocycles. The normalized spacial score (nSPS) is 19.1. The standard InChI is InChI=1S/C35H51N5O7S/c1-10-48-31(27(42)30(44)36-19-25(41)39-17-15-22-13-11-12-14-23(22)20-39)38-29(43)26-24(21(2)3)16-18-40(26)32(45)28(34(4,5)6)37-33(46)47-35(7,8)9/h10-14,21,24,26,28,31H,1,15-20H2,2-9H3,(H,36,44)(H,37,46)(H,38,43)/t24?,26-,28+,31?/m0/s1. The van der Waals surface area contributed by atoms with E-state index in [0.717, 1.165) is 17.3 Å². The molecule has 0 bridgehead atoms. The van der Waals surface area contributed by atoms with E-state index >= 15 is 0 Å². The van der Waals surface area contributed by atoms with Gasteiger partial charge in [0.1, 0.15) is 23.1 Å². The van der Waals surface area contributed by atoms with Crippen LogP contribution >= 0.6 is 11.8 Å². The lowest BCUT2D eigenvalue weighted by Crippen LogP contribution is -2.60. The molecule has 13 heteroatoms. The van der Waals surface area contributed by atoms with Crippen molar-refractivity contribution in [2.75, 3.05) is 19.6 Å². The highest BCUT2D eigenvalue weighted by Gasteiger charge is 2.48. The molecule has 3 N–H and O–H groups in total. The molecular weight excluding hydrogens is 634 g/mol. The monoisotopic (exact) mass is 685 g/mol. The molecule has 0 radical (unpaired) electrons. The van der Waals surface area contributed by atoms with Gasteiger partial charge in [-0.15, -0.1) is 11.8 Å². The molecule has 1 saturated heterocycles. The minimum atomic E-state index is -1.34. The fourth-order valence-electron chi connectivity index (χ4n) is 5.99. The van der Waals surface area contributed by atoms with Gasteiger partial charge in [-0.05, 0) is 67.4 Å². The van der Waals surface area contributed by atoms with Gasteiger partial charge in [0.05, 0.1) is 6.54 Å². The number of Topliss-reactive ketones (excluding diaryl/α,β-unsaturated/α-hetero) is 1. The Balaban J connectivity index is 1.72. The largest absolute Gasteiger partial charge is 0.444 e. The molecule has 3 rings (SSSR count). The molecule has 1 aromatic carbocycles. The van der Waals surface area contributed by atoms with Crippen molar-refractivity contribution >= 4 is 47.3 Å². The summed E-state index contributed by atoms with van der Waals surface area (Å²) in [5.74, 6) is -3.60. The maximum atomic E-state index is 14.1. The van der Waals surface area contributed by atoms with E-state index in [0.29, 0.717) is 25.9 Å². The summed E-state index contributed by atoms with van der Waals surface area (Å²) < 4.78 is 5.41. The van der Waals surface area contributed by atoms with Gasteiger partial charge in [0, 0.05) is 19.6 Å². The van der Waals surface area contributed by atoms with Crippen LogP contribution in [0.2, 0.25) is 0 Å². The highest BCUT2D eigenvalue weighted by molar-refractivity contribution is 8.03. The second-order valence-corrected chi connectivity index (χ2v) is 15.8. The number of nitrogens with one attached hydrogen (secondary N) is 3. The Labute approximate surface area is 288 Å². The number of ether oxygens (including phenoxy) is 1. The van der Waals surface area contributed by atoms with Crippen LogP contribution in [0, 0.1) is 17.3 Å². The van der Waals surface area contributed by atoms with Crippen LogP contribution in [0.3, 0.4) is 0 Å². The Morgan fingerprint density at radius 2 is 1.65 bits per heavy atom. The van der Waals surface area contributed by atoms with Gasteiger partial charge < -0.3 is 30.5 Å². The zero-order valence-electron chi connectivity index (χ0n) is 29.4. The van der Waals surface area contributed by atoms with Gasteiger partial charge in [0.25, 0.3) is 11.7 Å². The minimum absolute atomic E-state index is 0.00252. The molecule has 0 spiro atoms. The third-order valence-electron chi connectivity index (χ3n) is 8.48. The minimum Gasteiger partial charge on any atom is -0.444 e. The van der Waals surface area contributed by atoms with E-state index in [1.165, 1.54) is 15.9 Å². The smallest absolute Gasteiger partial charge is 0.408 e. The van der Waals surface area contributed by atoms with Crippen molar-refractivity contribution in [3.05, 3.63) is 47.4 Å². The molecule has 4 atom stereocenters. The predicted octanol–water partition coefficient (Wildman–Crippen LogP) is 3.39. The number of carbonyl (C=O) groups excluding carboxylic acids is 6. The second-order valence-electron chi connectivity index (χ2n) is 14.7. The number of nitrogens with zero attached hydrogens (tertiary/aromatic N) is 2. The Hall–Kier alpha value is -3.87. The van der Waals surface area contributed by atoms with Crippen molar-refractivity contribution in [2.24, 2.45) is 17.3 Å². The summed E-state index contributed by atoms with van der Waals surface area (Å²) in [5.41, 5.74) is 0.711. The predicted molar refractivity (Wildman–Crippen MR) is 184 cm³/mol. The van der Waals surface area contributed by atoms with E-state index in [2.05, 4.69) is 22.5 Å². The molecule has 1 aromatic rings. The summed E-state index contributed by atoms with van der Waals surface area (Å²) in [5, 5.41) is 7.77. The number of alkyl carbamates (subject to hydrolysis) is 1. The van der Waals surface area contributed by atoms with Crippen LogP contribution in [-0.4, -0.2) is 88.0 Å². The zero-order chi connectivity index (χ0) is 36.0. The second kappa shape index (κ2) is 16.0. The number of rotatable bonds is 11. The molecule has 5 amide bonds. The Bertz CT molecular complexity index is 1400. The van der Waals surface area contributed by atoms with Crippen LogP contribution in [0.25, 0.3) is 0 Å². The Morgan fingerprint density at radius 3 is 2.23 bits per heavy atom. The third kappa shape index (κ3) is 10.1. The fraction of sp³-hybridized carbons (Fsp3) is 0.600. The number of carbonyl (C=O) groups is 6. The third-order valence-corrected chi connectivity index (χ3v) is 9.27. The molecule has 1 fully saturated rings. The summed E-state index contributed by atoms with van der Waals surface area (Å²) in [6, 6.07) is 5.88. The maximum absolute atomic E-state index is 14.1. The number of likely N-dealkylation sites (tertiary alicyclic amines) is 1. The maximum Gasteiger partial charge on any atom is 0.408 e. The van der Waals surface area contributed by atoms with Gasteiger partial charge in [-0.2, -0.15) is 0 Å². The van der Waals surface area contributed by atoms with Gasteiger partial charge >= 0.3 is 6.09 Å². The number of hydrogen-bond acceptors (Lipinski definition) is 8. The lowest BCUT2D eigenvalue weighted by molar-refractivity contribution is -0.144. The van der Waals surface area contributed by atoms with Crippen LogP contribution in [0.15, 0.2) is 36.3 Å². The van der Waals surface area contributed by atoms with Gasteiger partial charge in [0.2, 0.25) is 17.7 Å². The molecule has 2 aliphatic heterocycles. The highest BCUT2D eigenvalue weighted by Crippen LogP contribution is 2.34. The van der Waals surface area contributed by atoms with Crippen LogP contribution in [-0.2, 0) is 41.7 Å². The Morgan fingerprint density at radius 1 is 1.00 bits per heavy atom. The molecular formula is C35H51N5O7S. The summed E-state index contributed by atoms with van der Waals surface area (Å²) in [7, 11) is 0. The SMILES string of the molecule is C=CSC(NC(=O)[C@@H]1C(C(C)C)CCN1C(=O)[C@@H](NC(=O)OC(C)(C)C)C(C)(C)C)C(=O)C(=O)NCC(=O)N1CCc2ccccc2C1. The van der Waals surface area contributed by atoms with Crippen LogP contribution in [0.1, 0.15) is 72.9 Å². The van der Waals surface area contributed by atoms with Gasteiger partial charge in [0.15, 0.2) is 0 Å². The van der Waals surface area contributed by atoms with Gasteiger partial charge in [-0.1, -0.05) is 65.5 Å². The van der Waals surface area contributed by atoms with E-state index in [1.807, 2.05) is 38.1 Å². The van der Waals surface area contributed by atoms with E-state index in [4.69, 9.17) is 4.74 Å². The number of benzene rings is 1. The molecule has 2 unspecified atom stereocenters. The van der Waals surface area contributed by atoms with Gasteiger partial charge in [-0.3, -0.25) is 24.0 Å². The molecule has 0 saturated carbocycles. The van der Waals surface area contributed by atoms with E-state index in [1.54, 1.807) is 46.4 Å². The van der Waals surface area contributed by atoms with Crippen molar-refractivity contribution in [1.29, 1.82) is 0 Å². The highest BCUT2D eigenvalue weighted by atomic mass is 32.2. The lowest BCUT2D eigenvalue weighted by Gasteiger charge is -2.37. The first kappa shape index (κ1) is 38.6. The molecule has 2 aliphatic rings. The van der Waals surface area contributed by atoms with Crippen LogP contribution in [0.4, 0.5) is 4.79 Å². The first-order valence-electron chi connectivity index (χ1n) is 16.4. The summed E-state index contributed by atoms with van der Waals surface area (Å²) in [4.78, 5) is 82.9. The average Bonchev–Trinajstić information content (AvgIpc) is 3.46.